The number of benzene rings is 1. The van der Waals surface area contributed by atoms with Crippen LogP contribution < -0.4 is 10.5 Å². The maximum atomic E-state index is 10.7. The molecule has 1 aromatic carbocycles. The number of nitrogens with two attached hydrogens (primary N) is 1. The van der Waals surface area contributed by atoms with Crippen molar-refractivity contribution in [2.75, 3.05) is 6.61 Å². The molecule has 0 heterocycles. The zero-order valence-corrected chi connectivity index (χ0v) is 9.15. The van der Waals surface area contributed by atoms with Gasteiger partial charge in [-0.3, -0.25) is 4.79 Å². The minimum atomic E-state index is -1.08. The fraction of sp³-hybridized carbons (Fsp3) is 0.111. The van der Waals surface area contributed by atoms with E-state index in [4.69, 9.17) is 15.6 Å². The molecule has 0 spiro atoms. The smallest absolute Gasteiger partial charge is 0.336 e. The normalized spacial score (nSPS) is 9.67. The first-order valence-corrected chi connectivity index (χ1v) is 4.74. The van der Waals surface area contributed by atoms with Crippen LogP contribution in [0.4, 0.5) is 0 Å². The van der Waals surface area contributed by atoms with Crippen LogP contribution in [-0.2, 0) is 4.79 Å². The Labute approximate surface area is 94.0 Å². The van der Waals surface area contributed by atoms with E-state index in [9.17, 15) is 9.59 Å². The molecule has 80 valence electrons. The van der Waals surface area contributed by atoms with Crippen LogP contribution >= 0.6 is 15.9 Å². The largest absolute Gasteiger partial charge is 0.484 e. The Morgan fingerprint density at radius 3 is 2.67 bits per heavy atom. The number of halogens is 1. The number of primary amides is 1. The lowest BCUT2D eigenvalue weighted by atomic mass is 10.2. The number of amides is 1. The van der Waals surface area contributed by atoms with Gasteiger partial charge in [-0.15, -0.1) is 0 Å². The van der Waals surface area contributed by atoms with E-state index in [1.54, 1.807) is 6.07 Å². The van der Waals surface area contributed by atoms with Crippen molar-refractivity contribution in [3.05, 3.63) is 28.2 Å². The van der Waals surface area contributed by atoms with Crippen LogP contribution in [0.1, 0.15) is 10.4 Å². The van der Waals surface area contributed by atoms with E-state index < -0.39 is 11.9 Å². The van der Waals surface area contributed by atoms with Gasteiger partial charge in [-0.05, 0) is 34.1 Å². The predicted octanol–water partition coefficient (Wildman–Crippen LogP) is 1.01. The standard InChI is InChI=1S/C9H8BrNO4/c10-7-2-1-5(15-4-8(11)12)3-6(7)9(13)14/h1-3H,4H2,(H2,11,12)(H,13,14). The summed E-state index contributed by atoms with van der Waals surface area (Å²) in [5.74, 6) is -1.41. The second kappa shape index (κ2) is 4.79. The highest BCUT2D eigenvalue weighted by atomic mass is 79.9. The SMILES string of the molecule is NC(=O)COc1ccc(Br)c(C(=O)O)c1. The monoisotopic (exact) mass is 273 g/mol. The van der Waals surface area contributed by atoms with Gasteiger partial charge < -0.3 is 15.6 Å². The Balaban J connectivity index is 2.87. The van der Waals surface area contributed by atoms with Crippen LogP contribution in [0.25, 0.3) is 0 Å². The number of carbonyl (C=O) groups is 2. The lowest BCUT2D eigenvalue weighted by molar-refractivity contribution is -0.119. The van der Waals surface area contributed by atoms with Crippen molar-refractivity contribution in [2.24, 2.45) is 5.73 Å². The first kappa shape index (κ1) is 11.5. The number of carbonyl (C=O) groups excluding carboxylic acids is 1. The van der Waals surface area contributed by atoms with Crippen molar-refractivity contribution in [2.45, 2.75) is 0 Å². The Hall–Kier alpha value is -1.56. The molecule has 5 nitrogen and oxygen atoms in total. The fourth-order valence-corrected chi connectivity index (χ4v) is 1.33. The molecule has 0 radical (unpaired) electrons. The number of ether oxygens (including phenoxy) is 1. The Morgan fingerprint density at radius 1 is 1.47 bits per heavy atom. The van der Waals surface area contributed by atoms with Crippen molar-refractivity contribution < 1.29 is 19.4 Å². The maximum Gasteiger partial charge on any atom is 0.336 e. The summed E-state index contributed by atoms with van der Waals surface area (Å²) in [5, 5.41) is 8.79. The zero-order valence-electron chi connectivity index (χ0n) is 7.57. The third kappa shape index (κ3) is 3.25. The summed E-state index contributed by atoms with van der Waals surface area (Å²) in [6.07, 6.45) is 0. The van der Waals surface area contributed by atoms with Crippen LogP contribution in [0.2, 0.25) is 0 Å². The molecule has 0 aliphatic rings. The molecular weight excluding hydrogens is 266 g/mol. The first-order chi connectivity index (χ1) is 7.00. The van der Waals surface area contributed by atoms with Crippen molar-refractivity contribution in [3.8, 4) is 5.75 Å². The van der Waals surface area contributed by atoms with Gasteiger partial charge in [0.25, 0.3) is 5.91 Å². The zero-order chi connectivity index (χ0) is 11.4. The van der Waals surface area contributed by atoms with Crippen LogP contribution in [0.5, 0.6) is 5.75 Å². The van der Waals surface area contributed by atoms with Gasteiger partial charge in [0.15, 0.2) is 6.61 Å². The number of hydrogen-bond donors (Lipinski definition) is 2. The average Bonchev–Trinajstić information content (AvgIpc) is 2.16. The van der Waals surface area contributed by atoms with E-state index in [0.29, 0.717) is 4.47 Å². The molecule has 0 bridgehead atoms. The van der Waals surface area contributed by atoms with Gasteiger partial charge in [0.05, 0.1) is 5.56 Å². The number of carboxylic acids is 1. The van der Waals surface area contributed by atoms with Gasteiger partial charge in [0.2, 0.25) is 0 Å². The summed E-state index contributed by atoms with van der Waals surface area (Å²) in [7, 11) is 0. The van der Waals surface area contributed by atoms with Crippen LogP contribution in [0.15, 0.2) is 22.7 Å². The molecule has 0 aliphatic heterocycles. The van der Waals surface area contributed by atoms with Crippen molar-refractivity contribution >= 4 is 27.8 Å². The number of aromatic carboxylic acids is 1. The quantitative estimate of drug-likeness (QED) is 0.857. The molecule has 0 aromatic heterocycles. The lowest BCUT2D eigenvalue weighted by Gasteiger charge is -2.05. The highest BCUT2D eigenvalue weighted by Gasteiger charge is 2.09. The van der Waals surface area contributed by atoms with E-state index in [1.165, 1.54) is 12.1 Å². The van der Waals surface area contributed by atoms with E-state index in [0.717, 1.165) is 0 Å². The second-order valence-electron chi connectivity index (χ2n) is 2.70. The minimum Gasteiger partial charge on any atom is -0.484 e. The summed E-state index contributed by atoms with van der Waals surface area (Å²) < 4.78 is 5.40. The van der Waals surface area contributed by atoms with Crippen LogP contribution in [0, 0.1) is 0 Å². The average molecular weight is 274 g/mol. The number of hydrogen-bond acceptors (Lipinski definition) is 3. The van der Waals surface area contributed by atoms with Crippen LogP contribution in [-0.4, -0.2) is 23.6 Å². The van der Waals surface area contributed by atoms with Gasteiger partial charge in [-0.2, -0.15) is 0 Å². The summed E-state index contributed by atoms with van der Waals surface area (Å²) in [6.45, 7) is -0.277. The van der Waals surface area contributed by atoms with Crippen molar-refractivity contribution in [3.63, 3.8) is 0 Å². The Morgan fingerprint density at radius 2 is 2.13 bits per heavy atom. The van der Waals surface area contributed by atoms with Crippen molar-refractivity contribution in [1.29, 1.82) is 0 Å². The molecule has 3 N–H and O–H groups in total. The molecule has 0 fully saturated rings. The number of rotatable bonds is 4. The summed E-state index contributed by atoms with van der Waals surface area (Å²) in [5.41, 5.74) is 4.95. The predicted molar refractivity (Wildman–Crippen MR) is 55.8 cm³/mol. The third-order valence-corrected chi connectivity index (χ3v) is 2.24. The van der Waals surface area contributed by atoms with E-state index in [1.807, 2.05) is 0 Å². The summed E-state index contributed by atoms with van der Waals surface area (Å²) in [6, 6.07) is 4.38. The van der Waals surface area contributed by atoms with Gasteiger partial charge in [0, 0.05) is 4.47 Å². The van der Waals surface area contributed by atoms with Crippen molar-refractivity contribution in [1.82, 2.24) is 0 Å². The third-order valence-electron chi connectivity index (χ3n) is 1.55. The lowest BCUT2D eigenvalue weighted by Crippen LogP contribution is -2.20. The first-order valence-electron chi connectivity index (χ1n) is 3.94. The Kier molecular flexibility index (Phi) is 3.68. The van der Waals surface area contributed by atoms with Gasteiger partial charge in [-0.25, -0.2) is 4.79 Å². The Bertz CT molecular complexity index is 405. The molecule has 1 aromatic rings. The summed E-state index contributed by atoms with van der Waals surface area (Å²) >= 11 is 3.08. The molecule has 6 heteroatoms. The molecule has 0 aliphatic carbocycles. The fourth-order valence-electron chi connectivity index (χ4n) is 0.913. The molecule has 15 heavy (non-hydrogen) atoms. The van der Waals surface area contributed by atoms with E-state index in [2.05, 4.69) is 15.9 Å². The van der Waals surface area contributed by atoms with Gasteiger partial charge in [-0.1, -0.05) is 0 Å². The highest BCUT2D eigenvalue weighted by molar-refractivity contribution is 9.10. The van der Waals surface area contributed by atoms with Gasteiger partial charge >= 0.3 is 5.97 Å². The second-order valence-corrected chi connectivity index (χ2v) is 3.56. The molecule has 0 saturated heterocycles. The topological polar surface area (TPSA) is 89.6 Å². The molecule has 1 amide bonds. The van der Waals surface area contributed by atoms with Crippen LogP contribution in [0.3, 0.4) is 0 Å². The van der Waals surface area contributed by atoms with E-state index >= 15 is 0 Å². The molecule has 0 atom stereocenters. The molecular formula is C9H8BrNO4. The molecule has 0 unspecified atom stereocenters. The molecule has 1 rings (SSSR count). The molecule has 0 saturated carbocycles. The highest BCUT2D eigenvalue weighted by Crippen LogP contribution is 2.22. The minimum absolute atomic E-state index is 0.0666. The maximum absolute atomic E-state index is 10.7. The van der Waals surface area contributed by atoms with E-state index in [-0.39, 0.29) is 17.9 Å². The number of carboxylic acid groups (broad SMARTS) is 1. The van der Waals surface area contributed by atoms with Gasteiger partial charge in [0.1, 0.15) is 5.75 Å². The summed E-state index contributed by atoms with van der Waals surface area (Å²) in [4.78, 5) is 21.2.